The topological polar surface area (TPSA) is 94.1 Å². The molecule has 7 heteroatoms. The summed E-state index contributed by atoms with van der Waals surface area (Å²) in [4.78, 5) is 24.6. The molecule has 0 unspecified atom stereocenters. The lowest BCUT2D eigenvalue weighted by Crippen LogP contribution is -2.43. The molecule has 7 nitrogen and oxygen atoms in total. The van der Waals surface area contributed by atoms with Gasteiger partial charge in [0.25, 0.3) is 5.91 Å². The van der Waals surface area contributed by atoms with Crippen LogP contribution in [0, 0.1) is 0 Å². The van der Waals surface area contributed by atoms with Crippen LogP contribution in [0.5, 0.6) is 17.2 Å². The fourth-order valence-corrected chi connectivity index (χ4v) is 2.63. The molecule has 1 atom stereocenters. The van der Waals surface area contributed by atoms with Gasteiger partial charge >= 0.3 is 5.97 Å². The van der Waals surface area contributed by atoms with Crippen LogP contribution in [0.15, 0.2) is 42.5 Å². The zero-order valence-electron chi connectivity index (χ0n) is 14.2. The molecule has 1 aliphatic heterocycles. The van der Waals surface area contributed by atoms with Crippen LogP contribution in [0.3, 0.4) is 0 Å². The minimum atomic E-state index is -0.856. The van der Waals surface area contributed by atoms with E-state index in [4.69, 9.17) is 14.2 Å². The maximum absolute atomic E-state index is 12.6. The summed E-state index contributed by atoms with van der Waals surface area (Å²) in [5, 5.41) is 12.0. The summed E-state index contributed by atoms with van der Waals surface area (Å²) in [6.07, 6.45) is 0.239. The van der Waals surface area contributed by atoms with Crippen LogP contribution in [0.2, 0.25) is 0 Å². The number of nitrogens with one attached hydrogen (secondary N) is 1. The third-order valence-corrected chi connectivity index (χ3v) is 3.97. The Balaban J connectivity index is 1.74. The Labute approximate surface area is 150 Å². The van der Waals surface area contributed by atoms with E-state index in [1.165, 1.54) is 19.2 Å². The predicted octanol–water partition coefficient (Wildman–Crippen LogP) is 1.68. The molecular formula is C19H19NO6. The van der Waals surface area contributed by atoms with E-state index < -0.39 is 17.9 Å². The highest BCUT2D eigenvalue weighted by Gasteiger charge is 2.23. The van der Waals surface area contributed by atoms with Gasteiger partial charge in [-0.25, -0.2) is 4.79 Å². The molecule has 1 heterocycles. The van der Waals surface area contributed by atoms with Crippen molar-refractivity contribution >= 4 is 11.9 Å². The maximum atomic E-state index is 12.6. The second kappa shape index (κ2) is 7.77. The van der Waals surface area contributed by atoms with E-state index in [9.17, 15) is 14.7 Å². The van der Waals surface area contributed by atoms with E-state index in [1.807, 2.05) is 0 Å². The van der Waals surface area contributed by atoms with Crippen molar-refractivity contribution in [3.8, 4) is 17.2 Å². The first-order valence-corrected chi connectivity index (χ1v) is 8.13. The van der Waals surface area contributed by atoms with Gasteiger partial charge in [-0.05, 0) is 35.9 Å². The van der Waals surface area contributed by atoms with Crippen molar-refractivity contribution in [2.75, 3.05) is 20.3 Å². The molecule has 0 bridgehead atoms. The SMILES string of the molecule is COC(=O)[C@H](Cc1ccc(O)cc1)NC(=O)c1ccc2c(c1)OCCO2. The van der Waals surface area contributed by atoms with Crippen molar-refractivity contribution in [2.24, 2.45) is 0 Å². The van der Waals surface area contributed by atoms with Crippen LogP contribution in [0.4, 0.5) is 0 Å². The number of amides is 1. The summed E-state index contributed by atoms with van der Waals surface area (Å²) in [6, 6.07) is 10.4. The van der Waals surface area contributed by atoms with Gasteiger partial charge in [-0.15, -0.1) is 0 Å². The number of fused-ring (bicyclic) bond motifs is 1. The van der Waals surface area contributed by atoms with Gasteiger partial charge in [-0.3, -0.25) is 4.79 Å². The molecule has 2 N–H and O–H groups in total. The number of aromatic hydroxyl groups is 1. The highest BCUT2D eigenvalue weighted by atomic mass is 16.6. The number of hydrogen-bond donors (Lipinski definition) is 2. The summed E-state index contributed by atoms with van der Waals surface area (Å²) in [6.45, 7) is 0.888. The molecule has 0 saturated carbocycles. The predicted molar refractivity (Wildman–Crippen MR) is 92.5 cm³/mol. The smallest absolute Gasteiger partial charge is 0.328 e. The van der Waals surface area contributed by atoms with Gasteiger partial charge in [0.15, 0.2) is 11.5 Å². The normalized spacial score (nSPS) is 13.6. The van der Waals surface area contributed by atoms with Crippen LogP contribution < -0.4 is 14.8 Å². The first-order valence-electron chi connectivity index (χ1n) is 8.13. The number of phenols is 1. The Hall–Kier alpha value is -3.22. The standard InChI is InChI=1S/C19H19NO6/c1-24-19(23)15(10-12-2-5-14(21)6-3-12)20-18(22)13-4-7-16-17(11-13)26-9-8-25-16/h2-7,11,15,21H,8-10H2,1H3,(H,20,22)/t15-/m0/s1. The van der Waals surface area contributed by atoms with Crippen LogP contribution >= 0.6 is 0 Å². The van der Waals surface area contributed by atoms with Gasteiger partial charge in [0.2, 0.25) is 0 Å². The number of phenolic OH excluding ortho intramolecular Hbond substituents is 1. The summed E-state index contributed by atoms with van der Waals surface area (Å²) in [5.41, 5.74) is 1.13. The summed E-state index contributed by atoms with van der Waals surface area (Å²) in [7, 11) is 1.27. The van der Waals surface area contributed by atoms with Crippen molar-refractivity contribution in [3.63, 3.8) is 0 Å². The molecule has 0 aromatic heterocycles. The second-order valence-corrected chi connectivity index (χ2v) is 5.78. The average Bonchev–Trinajstić information content (AvgIpc) is 2.68. The van der Waals surface area contributed by atoms with Crippen molar-refractivity contribution < 1.29 is 28.9 Å². The van der Waals surface area contributed by atoms with E-state index in [0.29, 0.717) is 30.3 Å². The number of methoxy groups -OCH3 is 1. The fraction of sp³-hybridized carbons (Fsp3) is 0.263. The lowest BCUT2D eigenvalue weighted by molar-refractivity contribution is -0.142. The number of esters is 1. The van der Waals surface area contributed by atoms with Crippen LogP contribution in [0.25, 0.3) is 0 Å². The molecule has 0 fully saturated rings. The van der Waals surface area contributed by atoms with Gasteiger partial charge < -0.3 is 24.6 Å². The second-order valence-electron chi connectivity index (χ2n) is 5.78. The third-order valence-electron chi connectivity index (χ3n) is 3.97. The zero-order valence-corrected chi connectivity index (χ0v) is 14.2. The molecule has 2 aromatic rings. The van der Waals surface area contributed by atoms with Crippen LogP contribution in [0.1, 0.15) is 15.9 Å². The number of rotatable bonds is 5. The molecule has 136 valence electrons. The summed E-state index contributed by atoms with van der Waals surface area (Å²) in [5.74, 6) is 0.238. The molecule has 0 aliphatic carbocycles. The van der Waals surface area contributed by atoms with E-state index >= 15 is 0 Å². The van der Waals surface area contributed by atoms with Crippen LogP contribution in [-0.4, -0.2) is 43.3 Å². The highest BCUT2D eigenvalue weighted by Crippen LogP contribution is 2.30. The lowest BCUT2D eigenvalue weighted by Gasteiger charge is -2.20. The molecule has 0 spiro atoms. The first-order chi connectivity index (χ1) is 12.6. The Morgan fingerprint density at radius 3 is 2.50 bits per heavy atom. The molecule has 26 heavy (non-hydrogen) atoms. The summed E-state index contributed by atoms with van der Waals surface area (Å²) >= 11 is 0. The number of carbonyl (C=O) groups is 2. The fourth-order valence-electron chi connectivity index (χ4n) is 2.63. The molecule has 2 aromatic carbocycles. The van der Waals surface area contributed by atoms with E-state index in [2.05, 4.69) is 5.32 Å². The first kappa shape index (κ1) is 17.6. The zero-order chi connectivity index (χ0) is 18.5. The number of ether oxygens (including phenoxy) is 3. The van der Waals surface area contributed by atoms with Gasteiger partial charge in [0, 0.05) is 12.0 Å². The maximum Gasteiger partial charge on any atom is 0.328 e. The molecule has 3 rings (SSSR count). The molecule has 0 radical (unpaired) electrons. The Morgan fingerprint density at radius 2 is 1.81 bits per heavy atom. The van der Waals surface area contributed by atoms with Crippen molar-refractivity contribution in [1.29, 1.82) is 0 Å². The van der Waals surface area contributed by atoms with Gasteiger partial charge in [-0.1, -0.05) is 12.1 Å². The van der Waals surface area contributed by atoms with E-state index in [0.717, 1.165) is 5.56 Å². The summed E-state index contributed by atoms with van der Waals surface area (Å²) < 4.78 is 15.7. The minimum absolute atomic E-state index is 0.128. The number of benzene rings is 2. The Morgan fingerprint density at radius 1 is 1.12 bits per heavy atom. The molecule has 0 saturated heterocycles. The van der Waals surface area contributed by atoms with E-state index in [1.54, 1.807) is 30.3 Å². The van der Waals surface area contributed by atoms with Gasteiger partial charge in [-0.2, -0.15) is 0 Å². The van der Waals surface area contributed by atoms with E-state index in [-0.39, 0.29) is 12.2 Å². The average molecular weight is 357 g/mol. The number of hydrogen-bond acceptors (Lipinski definition) is 6. The van der Waals surface area contributed by atoms with Crippen molar-refractivity contribution in [2.45, 2.75) is 12.5 Å². The molecular weight excluding hydrogens is 338 g/mol. The Kier molecular flexibility index (Phi) is 5.26. The quantitative estimate of drug-likeness (QED) is 0.791. The lowest BCUT2D eigenvalue weighted by atomic mass is 10.0. The number of carbonyl (C=O) groups excluding carboxylic acids is 2. The van der Waals surface area contributed by atoms with Gasteiger partial charge in [0.1, 0.15) is 25.0 Å². The Bertz CT molecular complexity index is 802. The third kappa shape index (κ3) is 4.05. The van der Waals surface area contributed by atoms with Crippen molar-refractivity contribution in [3.05, 3.63) is 53.6 Å². The largest absolute Gasteiger partial charge is 0.508 e. The molecule has 1 aliphatic rings. The molecule has 1 amide bonds. The van der Waals surface area contributed by atoms with Crippen molar-refractivity contribution in [1.82, 2.24) is 5.32 Å². The monoisotopic (exact) mass is 357 g/mol. The van der Waals surface area contributed by atoms with Gasteiger partial charge in [0.05, 0.1) is 7.11 Å². The minimum Gasteiger partial charge on any atom is -0.508 e. The highest BCUT2D eigenvalue weighted by molar-refractivity contribution is 5.97. The van der Waals surface area contributed by atoms with Crippen LogP contribution in [-0.2, 0) is 16.0 Å².